The summed E-state index contributed by atoms with van der Waals surface area (Å²) in [6, 6.07) is 14.2. The number of ether oxygens (including phenoxy) is 1. The lowest BCUT2D eigenvalue weighted by atomic mass is 10.0. The molecular weight excluding hydrogens is 296 g/mol. The van der Waals surface area contributed by atoms with E-state index in [0.29, 0.717) is 5.56 Å². The molecule has 2 aromatic rings. The Bertz CT molecular complexity index is 781. The summed E-state index contributed by atoms with van der Waals surface area (Å²) in [5.74, 6) is 0.724. The minimum Gasteiger partial charge on any atom is -0.481 e. The lowest BCUT2D eigenvalue weighted by molar-refractivity contribution is 0.248. The van der Waals surface area contributed by atoms with Crippen LogP contribution < -0.4 is 4.74 Å². The van der Waals surface area contributed by atoms with Crippen molar-refractivity contribution in [1.82, 2.24) is 0 Å². The average molecular weight is 307 g/mol. The van der Waals surface area contributed by atoms with E-state index in [4.69, 9.17) is 15.4 Å². The third-order valence-corrected chi connectivity index (χ3v) is 4.51. The molecule has 5 heteroatoms. The zero-order valence-corrected chi connectivity index (χ0v) is 11.9. The van der Waals surface area contributed by atoms with Crippen LogP contribution in [0, 0.1) is 0 Å². The number of benzene rings is 2. The third-order valence-electron chi connectivity index (χ3n) is 3.11. The first-order valence-corrected chi connectivity index (χ1v) is 8.34. The minimum atomic E-state index is -3.80. The van der Waals surface area contributed by atoms with Crippen molar-refractivity contribution in [3.05, 3.63) is 65.7 Å². The van der Waals surface area contributed by atoms with Gasteiger partial charge in [0, 0.05) is 21.8 Å². The van der Waals surface area contributed by atoms with E-state index >= 15 is 0 Å². The van der Waals surface area contributed by atoms with Gasteiger partial charge < -0.3 is 4.74 Å². The maximum absolute atomic E-state index is 11.6. The summed E-state index contributed by atoms with van der Waals surface area (Å²) in [6.07, 6.45) is 3.28. The molecule has 3 nitrogen and oxygen atoms in total. The van der Waals surface area contributed by atoms with Crippen molar-refractivity contribution in [2.24, 2.45) is 0 Å². The monoisotopic (exact) mass is 306 g/mol. The van der Waals surface area contributed by atoms with Crippen LogP contribution in [0.25, 0.3) is 6.08 Å². The summed E-state index contributed by atoms with van der Waals surface area (Å²) in [5, 5.41) is 0. The SMILES string of the molecule is O=S(=O)(Cl)c1ccccc1C1C=Cc2ccccc2O1. The van der Waals surface area contributed by atoms with Gasteiger partial charge in [0.15, 0.2) is 0 Å². The number of rotatable bonds is 2. The van der Waals surface area contributed by atoms with E-state index in [0.717, 1.165) is 11.3 Å². The fourth-order valence-electron chi connectivity index (χ4n) is 2.20. The van der Waals surface area contributed by atoms with Gasteiger partial charge in [-0.3, -0.25) is 0 Å². The lowest BCUT2D eigenvalue weighted by Crippen LogP contribution is -2.11. The van der Waals surface area contributed by atoms with Gasteiger partial charge in [0.2, 0.25) is 0 Å². The zero-order valence-electron chi connectivity index (χ0n) is 10.4. The van der Waals surface area contributed by atoms with E-state index in [-0.39, 0.29) is 4.90 Å². The highest BCUT2D eigenvalue weighted by Crippen LogP contribution is 2.35. The molecule has 0 amide bonds. The first-order chi connectivity index (χ1) is 9.55. The second-order valence-electron chi connectivity index (χ2n) is 4.41. The Labute approximate surface area is 121 Å². The normalized spacial score (nSPS) is 17.4. The molecule has 0 radical (unpaired) electrons. The van der Waals surface area contributed by atoms with Gasteiger partial charge in [-0.1, -0.05) is 42.5 Å². The van der Waals surface area contributed by atoms with Gasteiger partial charge in [-0.15, -0.1) is 0 Å². The topological polar surface area (TPSA) is 43.4 Å². The predicted octanol–water partition coefficient (Wildman–Crippen LogP) is 3.76. The van der Waals surface area contributed by atoms with E-state index in [2.05, 4.69) is 0 Å². The number of halogens is 1. The number of para-hydroxylation sites is 1. The molecule has 0 spiro atoms. The van der Waals surface area contributed by atoms with Crippen molar-refractivity contribution in [2.45, 2.75) is 11.0 Å². The van der Waals surface area contributed by atoms with E-state index < -0.39 is 15.2 Å². The van der Waals surface area contributed by atoms with E-state index in [1.807, 2.05) is 36.4 Å². The van der Waals surface area contributed by atoms with Crippen LogP contribution >= 0.6 is 10.7 Å². The predicted molar refractivity (Wildman–Crippen MR) is 78.3 cm³/mol. The van der Waals surface area contributed by atoms with E-state index in [9.17, 15) is 8.42 Å². The fourth-order valence-corrected chi connectivity index (χ4v) is 3.33. The van der Waals surface area contributed by atoms with E-state index in [1.54, 1.807) is 18.2 Å². The van der Waals surface area contributed by atoms with Crippen molar-refractivity contribution in [3.63, 3.8) is 0 Å². The van der Waals surface area contributed by atoms with Crippen molar-refractivity contribution in [3.8, 4) is 5.75 Å². The van der Waals surface area contributed by atoms with E-state index in [1.165, 1.54) is 6.07 Å². The number of hydrogen-bond acceptors (Lipinski definition) is 3. The zero-order chi connectivity index (χ0) is 14.2. The van der Waals surface area contributed by atoms with Crippen LogP contribution in [0.3, 0.4) is 0 Å². The molecule has 1 aliphatic rings. The molecule has 1 atom stereocenters. The Balaban J connectivity index is 2.05. The quantitative estimate of drug-likeness (QED) is 0.793. The van der Waals surface area contributed by atoms with Gasteiger partial charge in [-0.05, 0) is 18.2 Å². The largest absolute Gasteiger partial charge is 0.481 e. The molecule has 20 heavy (non-hydrogen) atoms. The molecule has 1 aliphatic heterocycles. The second kappa shape index (κ2) is 4.96. The van der Waals surface area contributed by atoms with Crippen molar-refractivity contribution in [2.75, 3.05) is 0 Å². The van der Waals surface area contributed by atoms with Gasteiger partial charge in [0.05, 0.1) is 4.90 Å². The molecule has 0 fully saturated rings. The molecule has 0 aromatic heterocycles. The Morgan fingerprint density at radius 1 is 1.00 bits per heavy atom. The first-order valence-electron chi connectivity index (χ1n) is 6.03. The molecule has 0 N–H and O–H groups in total. The van der Waals surface area contributed by atoms with Crippen molar-refractivity contribution < 1.29 is 13.2 Å². The summed E-state index contributed by atoms with van der Waals surface area (Å²) in [7, 11) is 1.67. The highest BCUT2D eigenvalue weighted by atomic mass is 35.7. The summed E-state index contributed by atoms with van der Waals surface area (Å²) in [5.41, 5.74) is 1.50. The molecule has 2 aromatic carbocycles. The minimum absolute atomic E-state index is 0.0793. The van der Waals surface area contributed by atoms with Gasteiger partial charge in [0.25, 0.3) is 9.05 Å². The average Bonchev–Trinajstić information content (AvgIpc) is 2.46. The molecule has 1 heterocycles. The van der Waals surface area contributed by atoms with Gasteiger partial charge >= 0.3 is 0 Å². The highest BCUT2D eigenvalue weighted by Gasteiger charge is 2.23. The molecule has 102 valence electrons. The van der Waals surface area contributed by atoms with Gasteiger partial charge in [-0.2, -0.15) is 0 Å². The lowest BCUT2D eigenvalue weighted by Gasteiger charge is -2.22. The summed E-state index contributed by atoms with van der Waals surface area (Å²) >= 11 is 0. The Hall–Kier alpha value is -1.78. The summed E-state index contributed by atoms with van der Waals surface area (Å²) in [6.45, 7) is 0. The molecule has 3 rings (SSSR count). The van der Waals surface area contributed by atoms with Crippen LogP contribution in [0.1, 0.15) is 17.2 Å². The van der Waals surface area contributed by atoms with Crippen LogP contribution in [0.5, 0.6) is 5.75 Å². The van der Waals surface area contributed by atoms with Gasteiger partial charge in [0.1, 0.15) is 11.9 Å². The molecule has 0 aliphatic carbocycles. The second-order valence-corrected chi connectivity index (χ2v) is 6.95. The van der Waals surface area contributed by atoms with Crippen LogP contribution in [-0.4, -0.2) is 8.42 Å². The Morgan fingerprint density at radius 2 is 1.70 bits per heavy atom. The molecular formula is C15H11ClO3S. The maximum Gasteiger partial charge on any atom is 0.261 e. The summed E-state index contributed by atoms with van der Waals surface area (Å²) < 4.78 is 29.1. The van der Waals surface area contributed by atoms with Crippen LogP contribution in [-0.2, 0) is 9.05 Å². The molecule has 0 saturated carbocycles. The molecule has 0 bridgehead atoms. The number of hydrogen-bond donors (Lipinski definition) is 0. The summed E-state index contributed by atoms with van der Waals surface area (Å²) in [4.78, 5) is 0.0793. The highest BCUT2D eigenvalue weighted by molar-refractivity contribution is 8.13. The van der Waals surface area contributed by atoms with Crippen LogP contribution in [0.2, 0.25) is 0 Å². The Kier molecular flexibility index (Phi) is 3.28. The smallest absolute Gasteiger partial charge is 0.261 e. The standard InChI is InChI=1S/C15H11ClO3S/c16-20(17,18)15-8-4-2-6-12(15)14-10-9-11-5-1-3-7-13(11)19-14/h1-10,14H. The maximum atomic E-state index is 11.6. The van der Waals surface area contributed by atoms with Crippen molar-refractivity contribution in [1.29, 1.82) is 0 Å². The first kappa shape index (κ1) is 13.2. The van der Waals surface area contributed by atoms with Gasteiger partial charge in [-0.25, -0.2) is 8.42 Å². The third kappa shape index (κ3) is 2.44. The van der Waals surface area contributed by atoms with Crippen molar-refractivity contribution >= 4 is 25.8 Å². The van der Waals surface area contributed by atoms with Crippen LogP contribution in [0.15, 0.2) is 59.5 Å². The molecule has 0 saturated heterocycles. The fraction of sp³-hybridized carbons (Fsp3) is 0.0667. The number of fused-ring (bicyclic) bond motifs is 1. The van der Waals surface area contributed by atoms with Crippen LogP contribution in [0.4, 0.5) is 0 Å². The molecule has 1 unspecified atom stereocenters. The Morgan fingerprint density at radius 3 is 2.50 bits per heavy atom.